The number of likely N-dealkylation sites (tertiary alicyclic amines) is 1. The molecule has 0 bridgehead atoms. The molecule has 1 aliphatic carbocycles. The van der Waals surface area contributed by atoms with Crippen molar-refractivity contribution >= 4 is 5.84 Å². The van der Waals surface area contributed by atoms with Crippen molar-refractivity contribution in [2.24, 2.45) is 5.41 Å². The van der Waals surface area contributed by atoms with E-state index in [2.05, 4.69) is 11.8 Å². The van der Waals surface area contributed by atoms with Gasteiger partial charge in [0.15, 0.2) is 0 Å². The van der Waals surface area contributed by atoms with Gasteiger partial charge in [0.2, 0.25) is 0 Å². The molecule has 1 N–H and O–H groups in total. The first-order valence-electron chi connectivity index (χ1n) is 5.56. The van der Waals surface area contributed by atoms with E-state index >= 15 is 0 Å². The van der Waals surface area contributed by atoms with Gasteiger partial charge in [-0.15, -0.1) is 0 Å². The molecule has 1 saturated carbocycles. The fourth-order valence-corrected chi connectivity index (χ4v) is 2.71. The lowest BCUT2D eigenvalue weighted by atomic mass is 9.86. The fourth-order valence-electron chi connectivity index (χ4n) is 2.71. The third kappa shape index (κ3) is 1.59. The van der Waals surface area contributed by atoms with Crippen molar-refractivity contribution in [2.45, 2.75) is 45.4 Å². The molecule has 0 radical (unpaired) electrons. The zero-order valence-electron chi connectivity index (χ0n) is 8.60. The Morgan fingerprint density at radius 2 is 1.62 bits per heavy atom. The molecule has 0 unspecified atom stereocenters. The summed E-state index contributed by atoms with van der Waals surface area (Å²) in [4.78, 5) is 2.30. The summed E-state index contributed by atoms with van der Waals surface area (Å²) in [6.45, 7) is 4.55. The molecule has 2 aliphatic rings. The third-order valence-electron chi connectivity index (χ3n) is 3.70. The molecular formula is C11H20N2. The van der Waals surface area contributed by atoms with Gasteiger partial charge in [-0.05, 0) is 25.7 Å². The van der Waals surface area contributed by atoms with Crippen LogP contribution in [0.5, 0.6) is 0 Å². The van der Waals surface area contributed by atoms with Crippen LogP contribution in [0.4, 0.5) is 0 Å². The monoisotopic (exact) mass is 180 g/mol. The number of hydrogen-bond acceptors (Lipinski definition) is 1. The average molecular weight is 180 g/mol. The number of rotatable bonds is 1. The van der Waals surface area contributed by atoms with E-state index in [9.17, 15) is 0 Å². The maximum absolute atomic E-state index is 8.21. The Morgan fingerprint density at radius 3 is 2.15 bits per heavy atom. The van der Waals surface area contributed by atoms with Gasteiger partial charge in [0.05, 0.1) is 0 Å². The highest BCUT2D eigenvalue weighted by Gasteiger charge is 2.36. The predicted octanol–water partition coefficient (Wildman–Crippen LogP) is 2.64. The van der Waals surface area contributed by atoms with Gasteiger partial charge in [-0.25, -0.2) is 0 Å². The summed E-state index contributed by atoms with van der Waals surface area (Å²) < 4.78 is 0. The van der Waals surface area contributed by atoms with Gasteiger partial charge in [0.1, 0.15) is 5.84 Å². The molecular weight excluding hydrogens is 160 g/mol. The predicted molar refractivity (Wildman–Crippen MR) is 55.1 cm³/mol. The Hall–Kier alpha value is -0.530. The smallest absolute Gasteiger partial charge is 0.102 e. The molecule has 0 spiro atoms. The molecule has 0 aromatic rings. The highest BCUT2D eigenvalue weighted by molar-refractivity contribution is 5.85. The van der Waals surface area contributed by atoms with Crippen LogP contribution in [0.2, 0.25) is 0 Å². The molecule has 0 aromatic heterocycles. The molecule has 1 aliphatic heterocycles. The van der Waals surface area contributed by atoms with E-state index in [1.165, 1.54) is 38.5 Å². The first-order valence-corrected chi connectivity index (χ1v) is 5.56. The summed E-state index contributed by atoms with van der Waals surface area (Å²) in [5.74, 6) is 0.933. The zero-order chi connectivity index (χ0) is 9.31. The van der Waals surface area contributed by atoms with Crippen LogP contribution < -0.4 is 0 Å². The van der Waals surface area contributed by atoms with Crippen molar-refractivity contribution in [1.82, 2.24) is 4.90 Å². The average Bonchev–Trinajstić information content (AvgIpc) is 2.73. The standard InChI is InChI=1S/C11H20N2/c1-11(6-2-3-7-11)10(12)13-8-4-5-9-13/h12H,2-9H2,1H3. The van der Waals surface area contributed by atoms with E-state index in [-0.39, 0.29) is 5.41 Å². The summed E-state index contributed by atoms with van der Waals surface area (Å²) in [6.07, 6.45) is 7.71. The largest absolute Gasteiger partial charge is 0.360 e. The third-order valence-corrected chi connectivity index (χ3v) is 3.70. The van der Waals surface area contributed by atoms with Crippen molar-refractivity contribution in [3.63, 3.8) is 0 Å². The maximum atomic E-state index is 8.21. The molecule has 2 fully saturated rings. The van der Waals surface area contributed by atoms with Crippen molar-refractivity contribution < 1.29 is 0 Å². The van der Waals surface area contributed by atoms with Crippen LogP contribution >= 0.6 is 0 Å². The minimum atomic E-state index is 0.227. The van der Waals surface area contributed by atoms with Crippen LogP contribution in [0, 0.1) is 10.8 Å². The zero-order valence-corrected chi connectivity index (χ0v) is 8.60. The van der Waals surface area contributed by atoms with Gasteiger partial charge in [-0.3, -0.25) is 5.41 Å². The van der Waals surface area contributed by atoms with Crippen molar-refractivity contribution in [2.75, 3.05) is 13.1 Å². The van der Waals surface area contributed by atoms with E-state index in [1.807, 2.05) is 0 Å². The van der Waals surface area contributed by atoms with E-state index in [0.717, 1.165) is 18.9 Å². The SMILES string of the molecule is CC1(C(=N)N2CCCC2)CCCC1. The summed E-state index contributed by atoms with van der Waals surface area (Å²) >= 11 is 0. The molecule has 2 heteroatoms. The first kappa shape index (κ1) is 9.04. The quantitative estimate of drug-likeness (QED) is 0.487. The Bertz CT molecular complexity index is 198. The van der Waals surface area contributed by atoms with E-state index in [1.54, 1.807) is 0 Å². The van der Waals surface area contributed by atoms with E-state index in [0.29, 0.717) is 0 Å². The Morgan fingerprint density at radius 1 is 1.08 bits per heavy atom. The van der Waals surface area contributed by atoms with Crippen LogP contribution in [-0.2, 0) is 0 Å². The van der Waals surface area contributed by atoms with Gasteiger partial charge in [0.25, 0.3) is 0 Å². The highest BCUT2D eigenvalue weighted by Crippen LogP contribution is 2.39. The molecule has 13 heavy (non-hydrogen) atoms. The number of nitrogens with one attached hydrogen (secondary N) is 1. The number of amidine groups is 1. The maximum Gasteiger partial charge on any atom is 0.102 e. The van der Waals surface area contributed by atoms with E-state index < -0.39 is 0 Å². The minimum Gasteiger partial charge on any atom is -0.360 e. The second kappa shape index (κ2) is 3.32. The Labute approximate surface area is 80.8 Å². The topological polar surface area (TPSA) is 27.1 Å². The molecule has 1 heterocycles. The Balaban J connectivity index is 2.02. The lowest BCUT2D eigenvalue weighted by molar-refractivity contribution is 0.386. The molecule has 1 saturated heterocycles. The Kier molecular flexibility index (Phi) is 2.31. The van der Waals surface area contributed by atoms with Crippen LogP contribution in [-0.4, -0.2) is 23.8 Å². The van der Waals surface area contributed by atoms with Crippen molar-refractivity contribution in [3.8, 4) is 0 Å². The summed E-state index contributed by atoms with van der Waals surface area (Å²) in [7, 11) is 0. The number of hydrogen-bond donors (Lipinski definition) is 1. The molecule has 0 atom stereocenters. The highest BCUT2D eigenvalue weighted by atomic mass is 15.2. The van der Waals surface area contributed by atoms with Gasteiger partial charge in [-0.2, -0.15) is 0 Å². The second-order valence-corrected chi connectivity index (χ2v) is 4.81. The number of nitrogens with zero attached hydrogens (tertiary/aromatic N) is 1. The van der Waals surface area contributed by atoms with Crippen LogP contribution in [0.3, 0.4) is 0 Å². The normalized spacial score (nSPS) is 26.7. The molecule has 0 aromatic carbocycles. The molecule has 74 valence electrons. The first-order chi connectivity index (χ1) is 6.22. The van der Waals surface area contributed by atoms with Crippen molar-refractivity contribution in [3.05, 3.63) is 0 Å². The van der Waals surface area contributed by atoms with Crippen LogP contribution in [0.25, 0.3) is 0 Å². The summed E-state index contributed by atoms with van der Waals surface area (Å²) in [6, 6.07) is 0. The van der Waals surface area contributed by atoms with E-state index in [4.69, 9.17) is 5.41 Å². The molecule has 0 amide bonds. The van der Waals surface area contributed by atoms with Crippen LogP contribution in [0.15, 0.2) is 0 Å². The van der Waals surface area contributed by atoms with Gasteiger partial charge in [-0.1, -0.05) is 19.8 Å². The lowest BCUT2D eigenvalue weighted by Crippen LogP contribution is -2.38. The fraction of sp³-hybridized carbons (Fsp3) is 0.909. The molecule has 2 rings (SSSR count). The van der Waals surface area contributed by atoms with Gasteiger partial charge in [0, 0.05) is 18.5 Å². The molecule has 2 nitrogen and oxygen atoms in total. The van der Waals surface area contributed by atoms with Gasteiger partial charge >= 0.3 is 0 Å². The van der Waals surface area contributed by atoms with Crippen LogP contribution in [0.1, 0.15) is 45.4 Å². The summed E-state index contributed by atoms with van der Waals surface area (Å²) in [5, 5.41) is 8.21. The van der Waals surface area contributed by atoms with Crippen molar-refractivity contribution in [1.29, 1.82) is 5.41 Å². The van der Waals surface area contributed by atoms with Gasteiger partial charge < -0.3 is 4.90 Å². The summed E-state index contributed by atoms with van der Waals surface area (Å²) in [5.41, 5.74) is 0.227. The minimum absolute atomic E-state index is 0.227. The second-order valence-electron chi connectivity index (χ2n) is 4.81. The lowest BCUT2D eigenvalue weighted by Gasteiger charge is -2.31.